The van der Waals surface area contributed by atoms with Gasteiger partial charge in [-0.3, -0.25) is 0 Å². The summed E-state index contributed by atoms with van der Waals surface area (Å²) in [6.07, 6.45) is 3.04. The summed E-state index contributed by atoms with van der Waals surface area (Å²) in [4.78, 5) is 0. The zero-order valence-corrected chi connectivity index (χ0v) is 8.02. The zero-order valence-electron chi connectivity index (χ0n) is 8.02. The van der Waals surface area contributed by atoms with Crippen LogP contribution in [0.2, 0.25) is 0 Å². The van der Waals surface area contributed by atoms with Crippen molar-refractivity contribution in [2.75, 3.05) is 0 Å². The molecule has 72 valence electrons. The molecule has 0 aromatic rings. The van der Waals surface area contributed by atoms with Crippen molar-refractivity contribution >= 4 is 0 Å². The van der Waals surface area contributed by atoms with Crippen molar-refractivity contribution in [2.45, 2.75) is 57.7 Å². The lowest BCUT2D eigenvalue weighted by molar-refractivity contribution is -0.0743. The molecule has 1 N–H and O–H groups in total. The summed E-state index contributed by atoms with van der Waals surface area (Å²) in [6.45, 7) is 3.90. The molecule has 0 spiro atoms. The summed E-state index contributed by atoms with van der Waals surface area (Å²) in [5.74, 6) is 0.135. The molecule has 1 nitrogen and oxygen atoms in total. The van der Waals surface area contributed by atoms with Gasteiger partial charge in [0.15, 0.2) is 0 Å². The van der Waals surface area contributed by atoms with Gasteiger partial charge in [0.05, 0.1) is 6.10 Å². The van der Waals surface area contributed by atoms with E-state index in [9.17, 15) is 9.50 Å². The topological polar surface area (TPSA) is 20.2 Å². The normalized spacial score (nSPS) is 43.0. The second kappa shape index (κ2) is 3.73. The molecule has 1 rings (SSSR count). The summed E-state index contributed by atoms with van der Waals surface area (Å²) in [5, 5.41) is 9.65. The van der Waals surface area contributed by atoms with Gasteiger partial charge in [0, 0.05) is 0 Å². The van der Waals surface area contributed by atoms with E-state index in [0.717, 1.165) is 19.3 Å². The Morgan fingerprint density at radius 1 is 1.58 bits per heavy atom. The maximum atomic E-state index is 14.0. The third-order valence-electron chi connectivity index (χ3n) is 2.99. The van der Waals surface area contributed by atoms with Crippen LogP contribution in [0, 0.1) is 5.92 Å². The first-order valence-corrected chi connectivity index (χ1v) is 4.97. The van der Waals surface area contributed by atoms with Crippen molar-refractivity contribution in [3.63, 3.8) is 0 Å². The molecule has 0 aromatic carbocycles. The second-order valence-corrected chi connectivity index (χ2v) is 4.10. The maximum Gasteiger partial charge on any atom is 0.137 e. The molecule has 3 atom stereocenters. The molecule has 2 heteroatoms. The van der Waals surface area contributed by atoms with Gasteiger partial charge in [-0.15, -0.1) is 0 Å². The molecule has 3 unspecified atom stereocenters. The summed E-state index contributed by atoms with van der Waals surface area (Å²) >= 11 is 0. The van der Waals surface area contributed by atoms with Gasteiger partial charge in [-0.05, 0) is 31.6 Å². The van der Waals surface area contributed by atoms with E-state index < -0.39 is 11.8 Å². The van der Waals surface area contributed by atoms with Crippen molar-refractivity contribution in [1.82, 2.24) is 0 Å². The fourth-order valence-corrected chi connectivity index (χ4v) is 2.22. The van der Waals surface area contributed by atoms with Gasteiger partial charge in [0.2, 0.25) is 0 Å². The molecule has 0 amide bonds. The van der Waals surface area contributed by atoms with Crippen molar-refractivity contribution < 1.29 is 9.50 Å². The average molecular weight is 174 g/mol. The lowest BCUT2D eigenvalue weighted by atomic mass is 9.75. The van der Waals surface area contributed by atoms with Gasteiger partial charge in [-0.2, -0.15) is 0 Å². The highest BCUT2D eigenvalue weighted by Crippen LogP contribution is 2.38. The minimum absolute atomic E-state index is 0.135. The van der Waals surface area contributed by atoms with E-state index in [-0.39, 0.29) is 5.92 Å². The first-order chi connectivity index (χ1) is 5.60. The highest BCUT2D eigenvalue weighted by atomic mass is 19.1. The molecule has 0 heterocycles. The van der Waals surface area contributed by atoms with Crippen LogP contribution in [0.15, 0.2) is 0 Å². The van der Waals surface area contributed by atoms with E-state index in [2.05, 4.69) is 0 Å². The molecule has 0 aromatic heterocycles. The Balaban J connectivity index is 2.60. The monoisotopic (exact) mass is 174 g/mol. The van der Waals surface area contributed by atoms with Crippen LogP contribution in [0.1, 0.15) is 46.0 Å². The lowest BCUT2D eigenvalue weighted by Gasteiger charge is -2.38. The summed E-state index contributed by atoms with van der Waals surface area (Å²) in [5.41, 5.74) is -1.29. The van der Waals surface area contributed by atoms with Gasteiger partial charge in [-0.25, -0.2) is 4.39 Å². The van der Waals surface area contributed by atoms with Crippen LogP contribution >= 0.6 is 0 Å². The summed E-state index contributed by atoms with van der Waals surface area (Å²) in [6, 6.07) is 0. The molecule has 1 fully saturated rings. The molecule has 12 heavy (non-hydrogen) atoms. The van der Waals surface area contributed by atoms with Crippen LogP contribution in [0.3, 0.4) is 0 Å². The van der Waals surface area contributed by atoms with Crippen LogP contribution in [0.4, 0.5) is 4.39 Å². The molecule has 0 bridgehead atoms. The van der Waals surface area contributed by atoms with Crippen molar-refractivity contribution in [1.29, 1.82) is 0 Å². The molecule has 1 saturated carbocycles. The Bertz CT molecular complexity index is 145. The number of alkyl halides is 1. The minimum atomic E-state index is -1.29. The summed E-state index contributed by atoms with van der Waals surface area (Å²) < 4.78 is 14.0. The van der Waals surface area contributed by atoms with E-state index in [1.165, 1.54) is 0 Å². The number of aliphatic hydroxyl groups is 1. The molecular weight excluding hydrogens is 155 g/mol. The van der Waals surface area contributed by atoms with E-state index >= 15 is 0 Å². The zero-order chi connectivity index (χ0) is 9.19. The molecule has 0 radical (unpaired) electrons. The smallest absolute Gasteiger partial charge is 0.137 e. The molecule has 1 aliphatic carbocycles. The van der Waals surface area contributed by atoms with E-state index in [0.29, 0.717) is 12.8 Å². The van der Waals surface area contributed by atoms with E-state index in [1.807, 2.05) is 13.8 Å². The molecule has 0 saturated heterocycles. The molecule has 0 aliphatic heterocycles. The Morgan fingerprint density at radius 3 is 2.83 bits per heavy atom. The van der Waals surface area contributed by atoms with Gasteiger partial charge in [0.25, 0.3) is 0 Å². The predicted molar refractivity (Wildman–Crippen MR) is 47.8 cm³/mol. The van der Waals surface area contributed by atoms with Crippen molar-refractivity contribution in [2.24, 2.45) is 5.92 Å². The number of rotatable bonds is 2. The van der Waals surface area contributed by atoms with Crippen molar-refractivity contribution in [3.05, 3.63) is 0 Å². The largest absolute Gasteiger partial charge is 0.390 e. The van der Waals surface area contributed by atoms with Crippen LogP contribution in [0.25, 0.3) is 0 Å². The van der Waals surface area contributed by atoms with E-state index in [1.54, 1.807) is 0 Å². The van der Waals surface area contributed by atoms with E-state index in [4.69, 9.17) is 0 Å². The van der Waals surface area contributed by atoms with Crippen LogP contribution < -0.4 is 0 Å². The van der Waals surface area contributed by atoms with Gasteiger partial charge in [-0.1, -0.05) is 20.3 Å². The molecular formula is C10H19FO. The van der Waals surface area contributed by atoms with Gasteiger partial charge < -0.3 is 5.11 Å². The Morgan fingerprint density at radius 2 is 2.25 bits per heavy atom. The average Bonchev–Trinajstić information content (AvgIpc) is 2.01. The van der Waals surface area contributed by atoms with Gasteiger partial charge >= 0.3 is 0 Å². The fraction of sp³-hybridized carbons (Fsp3) is 1.00. The predicted octanol–water partition coefficient (Wildman–Crippen LogP) is 2.68. The third-order valence-corrected chi connectivity index (χ3v) is 2.99. The highest BCUT2D eigenvalue weighted by Gasteiger charge is 2.42. The van der Waals surface area contributed by atoms with Crippen molar-refractivity contribution in [3.8, 4) is 0 Å². The highest BCUT2D eigenvalue weighted by molar-refractivity contribution is 4.93. The van der Waals surface area contributed by atoms with Crippen LogP contribution in [-0.2, 0) is 0 Å². The number of hydrogen-bond donors (Lipinski definition) is 1. The Labute approximate surface area is 74.0 Å². The first-order valence-electron chi connectivity index (χ1n) is 4.97. The SMILES string of the molecule is CCCC1(F)CCCC(C)C1O. The number of halogens is 1. The lowest BCUT2D eigenvalue weighted by Crippen LogP contribution is -2.45. The van der Waals surface area contributed by atoms with Crippen LogP contribution in [0.5, 0.6) is 0 Å². The fourth-order valence-electron chi connectivity index (χ4n) is 2.22. The number of hydrogen-bond acceptors (Lipinski definition) is 1. The first kappa shape index (κ1) is 9.97. The quantitative estimate of drug-likeness (QED) is 0.682. The molecule has 1 aliphatic rings. The summed E-state index contributed by atoms with van der Waals surface area (Å²) in [7, 11) is 0. The third kappa shape index (κ3) is 1.79. The van der Waals surface area contributed by atoms with Crippen LogP contribution in [-0.4, -0.2) is 16.9 Å². The maximum absolute atomic E-state index is 14.0. The second-order valence-electron chi connectivity index (χ2n) is 4.10. The Hall–Kier alpha value is -0.110. The Kier molecular flexibility index (Phi) is 3.10. The minimum Gasteiger partial charge on any atom is -0.390 e. The van der Waals surface area contributed by atoms with Gasteiger partial charge in [0.1, 0.15) is 5.67 Å². The number of aliphatic hydroxyl groups excluding tert-OH is 1. The standard InChI is InChI=1S/C10H19FO/c1-3-6-10(11)7-4-5-8(2)9(10)12/h8-9,12H,3-7H2,1-2H3.